The van der Waals surface area contributed by atoms with Gasteiger partial charge in [-0.25, -0.2) is 9.31 Å². The summed E-state index contributed by atoms with van der Waals surface area (Å²) in [4.78, 5) is 21.9. The van der Waals surface area contributed by atoms with Gasteiger partial charge in [0.05, 0.1) is 59.5 Å². The standard InChI is InChI=1S/C31H35N9O4S/c1-31(2,3)44-30(41)39-22-15-38(16-23(39)18-43-17-22)29-37-36-28(45-29)24-14-33-26(11-25(24)35-20-6-8-42-9-7-20)27-5-4-21-10-19(12-32)13-34-40(21)27/h4-5,10-11,13-14,20,22-23H,6-9,15-18H2,1-3H3,(H,33,35). The minimum atomic E-state index is -0.566. The van der Waals surface area contributed by atoms with E-state index in [0.29, 0.717) is 45.1 Å². The predicted molar refractivity (Wildman–Crippen MR) is 168 cm³/mol. The van der Waals surface area contributed by atoms with Crippen molar-refractivity contribution in [3.63, 3.8) is 0 Å². The van der Waals surface area contributed by atoms with Gasteiger partial charge in [0.1, 0.15) is 11.7 Å². The number of ether oxygens (including phenoxy) is 3. The molecule has 1 amide bonds. The van der Waals surface area contributed by atoms with E-state index < -0.39 is 5.60 Å². The molecule has 4 aromatic heterocycles. The van der Waals surface area contributed by atoms with E-state index >= 15 is 0 Å². The van der Waals surface area contributed by atoms with Gasteiger partial charge in [-0.1, -0.05) is 11.3 Å². The summed E-state index contributed by atoms with van der Waals surface area (Å²) < 4.78 is 18.9. The summed E-state index contributed by atoms with van der Waals surface area (Å²) in [6, 6.07) is 9.86. The fraction of sp³-hybridized carbons (Fsp3) is 0.484. The maximum absolute atomic E-state index is 13.0. The van der Waals surface area contributed by atoms with Crippen LogP contribution < -0.4 is 10.2 Å². The first-order valence-corrected chi connectivity index (χ1v) is 16.0. The lowest BCUT2D eigenvalue weighted by Crippen LogP contribution is -2.66. The van der Waals surface area contributed by atoms with E-state index in [9.17, 15) is 10.1 Å². The fourth-order valence-corrected chi connectivity index (χ4v) is 6.97. The number of anilines is 2. The van der Waals surface area contributed by atoms with Gasteiger partial charge in [-0.3, -0.25) is 9.88 Å². The number of aromatic nitrogens is 5. The van der Waals surface area contributed by atoms with Crippen molar-refractivity contribution in [1.29, 1.82) is 5.26 Å². The highest BCUT2D eigenvalue weighted by molar-refractivity contribution is 7.18. The minimum absolute atomic E-state index is 0.138. The second-order valence-corrected chi connectivity index (χ2v) is 13.5. The SMILES string of the molecule is CC(C)(C)OC(=O)N1C2COCC1CN(c1nnc(-c3cnc(-c4ccc5cc(C#N)cnn45)cc3NC3CCOCC3)s1)C2. The number of nitrogens with zero attached hydrogens (tertiary/aromatic N) is 8. The molecule has 4 aromatic rings. The zero-order valence-corrected chi connectivity index (χ0v) is 26.3. The summed E-state index contributed by atoms with van der Waals surface area (Å²) in [5.41, 5.74) is 4.12. The van der Waals surface area contributed by atoms with E-state index in [1.165, 1.54) is 11.3 Å². The number of hydrogen-bond acceptors (Lipinski definition) is 12. The number of hydrogen-bond donors (Lipinski definition) is 1. The molecule has 7 heterocycles. The Balaban J connectivity index is 1.17. The van der Waals surface area contributed by atoms with Gasteiger partial charge in [-0.2, -0.15) is 10.4 Å². The van der Waals surface area contributed by atoms with Crippen LogP contribution in [0.2, 0.25) is 0 Å². The highest BCUT2D eigenvalue weighted by Gasteiger charge is 2.43. The second-order valence-electron chi connectivity index (χ2n) is 12.6. The number of piperazine rings is 1. The van der Waals surface area contributed by atoms with E-state index in [0.717, 1.165) is 51.1 Å². The third kappa shape index (κ3) is 6.03. The van der Waals surface area contributed by atoms with Crippen LogP contribution in [0.5, 0.6) is 0 Å². The van der Waals surface area contributed by atoms with E-state index in [-0.39, 0.29) is 24.2 Å². The Bertz CT molecular complexity index is 1740. The Morgan fingerprint density at radius 1 is 1.09 bits per heavy atom. The molecule has 1 N–H and O–H groups in total. The Kier molecular flexibility index (Phi) is 7.76. The molecule has 3 aliphatic heterocycles. The van der Waals surface area contributed by atoms with Crippen LogP contribution in [-0.2, 0) is 14.2 Å². The Labute approximate surface area is 264 Å². The van der Waals surface area contributed by atoms with Crippen LogP contribution in [0.1, 0.15) is 39.2 Å². The number of nitrogens with one attached hydrogen (secondary N) is 1. The molecule has 13 nitrogen and oxygen atoms in total. The van der Waals surface area contributed by atoms with Crippen LogP contribution in [0.3, 0.4) is 0 Å². The molecule has 7 rings (SSSR count). The number of nitriles is 1. The van der Waals surface area contributed by atoms with E-state index in [4.69, 9.17) is 19.2 Å². The smallest absolute Gasteiger partial charge is 0.411 e. The molecule has 0 spiro atoms. The molecule has 0 radical (unpaired) electrons. The highest BCUT2D eigenvalue weighted by atomic mass is 32.1. The third-order valence-corrected chi connectivity index (χ3v) is 9.18. The van der Waals surface area contributed by atoms with Gasteiger partial charge < -0.3 is 24.4 Å². The molecule has 234 valence electrons. The Hall–Kier alpha value is -4.32. The summed E-state index contributed by atoms with van der Waals surface area (Å²) in [6.45, 7) is 9.12. The number of carbonyl (C=O) groups is 1. The summed E-state index contributed by atoms with van der Waals surface area (Å²) in [7, 11) is 0. The molecule has 3 fully saturated rings. The monoisotopic (exact) mass is 629 g/mol. The first-order valence-electron chi connectivity index (χ1n) is 15.2. The van der Waals surface area contributed by atoms with Gasteiger partial charge in [0, 0.05) is 44.2 Å². The van der Waals surface area contributed by atoms with Crippen LogP contribution in [0.25, 0.3) is 27.5 Å². The largest absolute Gasteiger partial charge is 0.444 e. The molecule has 0 saturated carbocycles. The number of carbonyl (C=O) groups excluding carboxylic acids is 1. The van der Waals surface area contributed by atoms with Crippen molar-refractivity contribution in [2.45, 2.75) is 57.3 Å². The molecule has 14 heteroatoms. The minimum Gasteiger partial charge on any atom is -0.444 e. The van der Waals surface area contributed by atoms with Crippen LogP contribution in [0.15, 0.2) is 36.7 Å². The molecule has 2 bridgehead atoms. The molecule has 2 unspecified atom stereocenters. The topological polar surface area (TPSA) is 143 Å². The van der Waals surface area contributed by atoms with Crippen molar-refractivity contribution >= 4 is 33.8 Å². The normalized spacial score (nSPS) is 20.7. The van der Waals surface area contributed by atoms with Crippen LogP contribution in [0, 0.1) is 11.3 Å². The van der Waals surface area contributed by atoms with Gasteiger partial charge in [0.2, 0.25) is 5.13 Å². The Morgan fingerprint density at radius 3 is 2.60 bits per heavy atom. The molecule has 3 aliphatic rings. The molecule has 3 saturated heterocycles. The first kappa shape index (κ1) is 29.4. The zero-order valence-electron chi connectivity index (χ0n) is 25.5. The van der Waals surface area contributed by atoms with Gasteiger partial charge in [0.15, 0.2) is 5.01 Å². The number of rotatable bonds is 5. The fourth-order valence-electron chi connectivity index (χ4n) is 6.09. The number of pyridine rings is 1. The average molecular weight is 630 g/mol. The van der Waals surface area contributed by atoms with Crippen molar-refractivity contribution in [1.82, 2.24) is 29.7 Å². The van der Waals surface area contributed by atoms with Crippen molar-refractivity contribution < 1.29 is 19.0 Å². The molecule has 45 heavy (non-hydrogen) atoms. The quantitative estimate of drug-likeness (QED) is 0.339. The van der Waals surface area contributed by atoms with Crippen molar-refractivity contribution in [3.05, 3.63) is 42.2 Å². The molecular formula is C31H35N9O4S. The lowest BCUT2D eigenvalue weighted by atomic mass is 10.1. The van der Waals surface area contributed by atoms with Gasteiger partial charge in [-0.05, 0) is 57.9 Å². The van der Waals surface area contributed by atoms with Crippen LogP contribution in [-0.4, -0.2) is 99.0 Å². The average Bonchev–Trinajstić information content (AvgIpc) is 3.68. The van der Waals surface area contributed by atoms with E-state index in [1.54, 1.807) is 10.7 Å². The third-order valence-electron chi connectivity index (χ3n) is 8.17. The van der Waals surface area contributed by atoms with Crippen LogP contribution in [0.4, 0.5) is 15.6 Å². The van der Waals surface area contributed by atoms with E-state index in [2.05, 4.69) is 31.6 Å². The van der Waals surface area contributed by atoms with Crippen molar-refractivity contribution in [3.8, 4) is 28.0 Å². The second kappa shape index (κ2) is 11.9. The predicted octanol–water partition coefficient (Wildman–Crippen LogP) is 4.20. The Morgan fingerprint density at radius 2 is 1.87 bits per heavy atom. The summed E-state index contributed by atoms with van der Waals surface area (Å²) >= 11 is 1.51. The lowest BCUT2D eigenvalue weighted by Gasteiger charge is -2.49. The molecule has 0 aromatic carbocycles. The summed E-state index contributed by atoms with van der Waals surface area (Å²) in [5.74, 6) is 0. The van der Waals surface area contributed by atoms with Crippen LogP contribution >= 0.6 is 11.3 Å². The summed E-state index contributed by atoms with van der Waals surface area (Å²) in [5, 5.41) is 28.2. The highest BCUT2D eigenvalue weighted by Crippen LogP contribution is 2.37. The van der Waals surface area contributed by atoms with E-state index in [1.807, 2.05) is 56.1 Å². The molecule has 2 atom stereocenters. The van der Waals surface area contributed by atoms with Gasteiger partial charge in [-0.15, -0.1) is 10.2 Å². The maximum Gasteiger partial charge on any atom is 0.411 e. The van der Waals surface area contributed by atoms with Gasteiger partial charge in [0.25, 0.3) is 0 Å². The maximum atomic E-state index is 13.0. The zero-order chi connectivity index (χ0) is 31.1. The molecular weight excluding hydrogens is 594 g/mol. The van der Waals surface area contributed by atoms with Gasteiger partial charge >= 0.3 is 6.09 Å². The lowest BCUT2D eigenvalue weighted by molar-refractivity contribution is -0.0665. The van der Waals surface area contributed by atoms with Crippen molar-refractivity contribution in [2.24, 2.45) is 0 Å². The number of fused-ring (bicyclic) bond motifs is 3. The van der Waals surface area contributed by atoms with Crippen molar-refractivity contribution in [2.75, 3.05) is 49.7 Å². The number of morpholine rings is 1. The number of amides is 1. The molecule has 0 aliphatic carbocycles. The first-order chi connectivity index (χ1) is 21.8. The summed E-state index contributed by atoms with van der Waals surface area (Å²) in [6.07, 6.45) is 4.90.